The van der Waals surface area contributed by atoms with Gasteiger partial charge in [0.15, 0.2) is 5.82 Å². The highest BCUT2D eigenvalue weighted by atomic mass is 15.2. The van der Waals surface area contributed by atoms with Crippen molar-refractivity contribution in [3.63, 3.8) is 0 Å². The average molecular weight is 496 g/mol. The second kappa shape index (κ2) is 7.87. The Morgan fingerprint density at radius 3 is 2.61 bits per heavy atom. The number of anilines is 2. The van der Waals surface area contributed by atoms with E-state index in [-0.39, 0.29) is 5.54 Å². The maximum Gasteiger partial charge on any atom is 0.154 e. The number of pyridine rings is 2. The van der Waals surface area contributed by atoms with Crippen molar-refractivity contribution in [2.75, 3.05) is 5.32 Å². The number of rotatable bonds is 3. The van der Waals surface area contributed by atoms with E-state index in [2.05, 4.69) is 63.4 Å². The Morgan fingerprint density at radius 2 is 1.76 bits per heavy atom. The number of nitrogens with one attached hydrogen (secondary N) is 2. The number of hydrogen-bond acceptors (Lipinski definition) is 5. The lowest BCUT2D eigenvalue weighted by Gasteiger charge is -2.38. The second-order valence-corrected chi connectivity index (χ2v) is 10.2. The molecule has 0 bridgehead atoms. The normalized spacial score (nSPS) is 15.1. The summed E-state index contributed by atoms with van der Waals surface area (Å²) in [6, 6.07) is 25.1. The van der Waals surface area contributed by atoms with Crippen LogP contribution in [-0.4, -0.2) is 24.5 Å². The number of fused-ring (bicyclic) bond motifs is 6. The summed E-state index contributed by atoms with van der Waals surface area (Å²) < 4.78 is 2.23. The van der Waals surface area contributed by atoms with Crippen LogP contribution in [0.4, 0.5) is 11.5 Å². The third-order valence-corrected chi connectivity index (χ3v) is 7.98. The van der Waals surface area contributed by atoms with E-state index in [9.17, 15) is 0 Å². The lowest BCUT2D eigenvalue weighted by molar-refractivity contribution is 0.253. The van der Waals surface area contributed by atoms with Gasteiger partial charge in [-0.15, -0.1) is 0 Å². The molecule has 0 amide bonds. The quantitative estimate of drug-likeness (QED) is 0.259. The first kappa shape index (κ1) is 21.3. The summed E-state index contributed by atoms with van der Waals surface area (Å²) in [6.07, 6.45) is 8.88. The summed E-state index contributed by atoms with van der Waals surface area (Å²) in [5, 5.41) is 3.53. The zero-order chi connectivity index (χ0) is 25.3. The Hall–Kier alpha value is -4.75. The van der Waals surface area contributed by atoms with Crippen LogP contribution in [0.3, 0.4) is 0 Å². The summed E-state index contributed by atoms with van der Waals surface area (Å²) in [6.45, 7) is 0. The number of benzene rings is 2. The van der Waals surface area contributed by atoms with Gasteiger partial charge in [0.25, 0.3) is 0 Å². The number of hydrogen-bond donors (Lipinski definition) is 3. The van der Waals surface area contributed by atoms with Gasteiger partial charge in [0.1, 0.15) is 5.82 Å². The number of para-hydroxylation sites is 1. The van der Waals surface area contributed by atoms with E-state index >= 15 is 0 Å². The first-order valence-electron chi connectivity index (χ1n) is 13.0. The molecule has 1 aliphatic carbocycles. The van der Waals surface area contributed by atoms with E-state index in [1.807, 2.05) is 42.9 Å². The van der Waals surface area contributed by atoms with Crippen LogP contribution < -0.4 is 11.1 Å². The fourth-order valence-corrected chi connectivity index (χ4v) is 5.76. The van der Waals surface area contributed by atoms with Crippen molar-refractivity contribution in [2.45, 2.75) is 24.8 Å². The fourth-order valence-electron chi connectivity index (χ4n) is 5.76. The molecule has 2 aliphatic rings. The molecule has 0 unspecified atom stereocenters. The van der Waals surface area contributed by atoms with E-state index in [0.29, 0.717) is 0 Å². The number of nitrogens with two attached hydrogens (primary N) is 1. The van der Waals surface area contributed by atoms with Gasteiger partial charge in [-0.25, -0.2) is 9.97 Å². The first-order valence-corrected chi connectivity index (χ1v) is 13.0. The van der Waals surface area contributed by atoms with E-state index in [0.717, 1.165) is 75.0 Å². The van der Waals surface area contributed by atoms with Crippen LogP contribution in [-0.2, 0) is 5.54 Å². The minimum atomic E-state index is -0.211. The molecule has 0 spiro atoms. The van der Waals surface area contributed by atoms with Crippen LogP contribution in [0.1, 0.15) is 24.8 Å². The Balaban J connectivity index is 1.43. The zero-order valence-corrected chi connectivity index (χ0v) is 20.6. The minimum Gasteiger partial charge on any atom is -0.360 e. The molecule has 0 radical (unpaired) electrons. The molecule has 1 aliphatic heterocycles. The molecule has 4 aromatic heterocycles. The van der Waals surface area contributed by atoms with E-state index in [1.54, 1.807) is 0 Å². The van der Waals surface area contributed by atoms with E-state index in [1.165, 1.54) is 12.0 Å². The maximum atomic E-state index is 6.66. The van der Waals surface area contributed by atoms with Crippen LogP contribution in [0.5, 0.6) is 0 Å². The molecular formula is C31H25N7. The van der Waals surface area contributed by atoms with E-state index < -0.39 is 0 Å². The Labute approximate surface area is 219 Å². The highest BCUT2D eigenvalue weighted by Crippen LogP contribution is 2.45. The number of nitrogens with zero attached hydrogens (tertiary/aromatic N) is 4. The second-order valence-electron chi connectivity index (χ2n) is 10.2. The zero-order valence-electron chi connectivity index (χ0n) is 20.6. The van der Waals surface area contributed by atoms with Gasteiger partial charge in [0.05, 0.1) is 33.8 Å². The molecule has 2 aromatic carbocycles. The summed E-state index contributed by atoms with van der Waals surface area (Å²) in [4.78, 5) is 18.0. The lowest BCUT2D eigenvalue weighted by Crippen LogP contribution is -2.43. The number of aromatic nitrogens is 5. The van der Waals surface area contributed by atoms with Crippen molar-refractivity contribution >= 4 is 22.5 Å². The van der Waals surface area contributed by atoms with Crippen LogP contribution in [0.25, 0.3) is 50.6 Å². The topological polar surface area (TPSA) is 97.4 Å². The van der Waals surface area contributed by atoms with Crippen molar-refractivity contribution in [1.82, 2.24) is 24.5 Å². The molecule has 4 N–H and O–H groups in total. The van der Waals surface area contributed by atoms with Crippen LogP contribution in [0.2, 0.25) is 0 Å². The SMILES string of the molecule is NC1(c2ccc(-c3c(-c4cnc5cc[nH]c5c4)nc4n3-c3cccnc3Nc3ccccc3-4)cc2)CCC1. The Kier molecular flexibility index (Phi) is 4.42. The molecule has 6 aromatic rings. The standard InChI is InChI=1S/C31H25N7/c32-31(13-4-14-31)21-10-8-19(9-11-21)28-27(20-17-25-24(35-18-20)12-16-33-25)37-30-22-5-1-2-6-23(22)36-29-26(38(28)30)7-3-15-34-29/h1-3,5-12,15-18,33H,4,13-14,32H2,(H,34,36). The molecule has 184 valence electrons. The summed E-state index contributed by atoms with van der Waals surface area (Å²) in [7, 11) is 0. The maximum absolute atomic E-state index is 6.66. The first-order chi connectivity index (χ1) is 18.7. The largest absolute Gasteiger partial charge is 0.360 e. The van der Waals surface area contributed by atoms with Crippen molar-refractivity contribution in [2.24, 2.45) is 5.73 Å². The molecule has 8 rings (SSSR count). The van der Waals surface area contributed by atoms with Gasteiger partial charge < -0.3 is 16.0 Å². The molecule has 38 heavy (non-hydrogen) atoms. The van der Waals surface area contributed by atoms with Crippen LogP contribution in [0, 0.1) is 0 Å². The predicted octanol–water partition coefficient (Wildman–Crippen LogP) is 6.54. The molecule has 0 atom stereocenters. The molecule has 5 heterocycles. The molecule has 0 saturated heterocycles. The van der Waals surface area contributed by atoms with Gasteiger partial charge in [0.2, 0.25) is 0 Å². The van der Waals surface area contributed by atoms with Gasteiger partial charge in [-0.2, -0.15) is 0 Å². The van der Waals surface area contributed by atoms with Gasteiger partial charge in [-0.1, -0.05) is 36.4 Å². The number of imidazole rings is 1. The molecule has 1 fully saturated rings. The molecule has 7 nitrogen and oxygen atoms in total. The molecule has 1 saturated carbocycles. The monoisotopic (exact) mass is 495 g/mol. The van der Waals surface area contributed by atoms with Crippen molar-refractivity contribution in [3.8, 4) is 39.6 Å². The van der Waals surface area contributed by atoms with Crippen molar-refractivity contribution < 1.29 is 0 Å². The van der Waals surface area contributed by atoms with Gasteiger partial charge in [0, 0.05) is 40.8 Å². The van der Waals surface area contributed by atoms with Gasteiger partial charge >= 0.3 is 0 Å². The van der Waals surface area contributed by atoms with Gasteiger partial charge in [-0.05, 0) is 61.2 Å². The fraction of sp³-hybridized carbons (Fsp3) is 0.129. The highest BCUT2D eigenvalue weighted by Gasteiger charge is 2.34. The van der Waals surface area contributed by atoms with Gasteiger partial charge in [-0.3, -0.25) is 9.55 Å². The number of H-pyrrole nitrogens is 1. The number of aromatic amines is 1. The third-order valence-electron chi connectivity index (χ3n) is 7.98. The predicted molar refractivity (Wildman–Crippen MR) is 150 cm³/mol. The Morgan fingerprint density at radius 1 is 0.895 bits per heavy atom. The summed E-state index contributed by atoms with van der Waals surface area (Å²) >= 11 is 0. The van der Waals surface area contributed by atoms with Crippen LogP contribution >= 0.6 is 0 Å². The highest BCUT2D eigenvalue weighted by molar-refractivity contribution is 5.92. The third kappa shape index (κ3) is 3.09. The Bertz CT molecular complexity index is 1840. The van der Waals surface area contributed by atoms with Crippen molar-refractivity contribution in [1.29, 1.82) is 0 Å². The summed E-state index contributed by atoms with van der Waals surface area (Å²) in [5.74, 6) is 1.64. The molecule has 7 heteroatoms. The lowest BCUT2D eigenvalue weighted by atomic mass is 9.72. The minimum absolute atomic E-state index is 0.211. The average Bonchev–Trinajstić information content (AvgIpc) is 3.54. The van der Waals surface area contributed by atoms with E-state index in [4.69, 9.17) is 20.7 Å². The summed E-state index contributed by atoms with van der Waals surface area (Å²) in [5.41, 5.74) is 16.3. The van der Waals surface area contributed by atoms with Crippen molar-refractivity contribution in [3.05, 3.63) is 97.0 Å². The smallest absolute Gasteiger partial charge is 0.154 e. The van der Waals surface area contributed by atoms with Crippen LogP contribution in [0.15, 0.2) is 91.4 Å². The molecular weight excluding hydrogens is 470 g/mol.